The zero-order chi connectivity index (χ0) is 24.5. The van der Waals surface area contributed by atoms with Crippen molar-refractivity contribution in [3.8, 4) is 0 Å². The molecule has 1 saturated heterocycles. The van der Waals surface area contributed by atoms with E-state index in [0.29, 0.717) is 54.9 Å². The summed E-state index contributed by atoms with van der Waals surface area (Å²) in [5.41, 5.74) is 1.52. The molecule has 3 aliphatic rings. The Morgan fingerprint density at radius 2 is 1.40 bits per heavy atom. The second-order valence-electron chi connectivity index (χ2n) is 10.2. The van der Waals surface area contributed by atoms with E-state index in [1.807, 2.05) is 6.08 Å². The molecule has 0 radical (unpaired) electrons. The van der Waals surface area contributed by atoms with Crippen LogP contribution in [-0.4, -0.2) is 18.7 Å². The van der Waals surface area contributed by atoms with E-state index in [2.05, 4.69) is 6.58 Å². The normalized spacial score (nSPS) is 28.4. The summed E-state index contributed by atoms with van der Waals surface area (Å²) in [5, 5.41) is 0. The summed E-state index contributed by atoms with van der Waals surface area (Å²) in [6.07, 6.45) is 7.37. The smallest absolute Gasteiger partial charge is 0.338 e. The molecule has 0 spiro atoms. The second kappa shape index (κ2) is 10.2. The number of epoxide rings is 1. The van der Waals surface area contributed by atoms with Gasteiger partial charge in [0.25, 0.3) is 0 Å². The number of hydrogen-bond acceptors (Lipinski definition) is 3. The van der Waals surface area contributed by atoms with Crippen LogP contribution in [-0.2, 0) is 9.47 Å². The predicted octanol–water partition coefficient (Wildman–Crippen LogP) is 7.52. The van der Waals surface area contributed by atoms with Crippen LogP contribution >= 0.6 is 0 Å². The third-order valence-electron chi connectivity index (χ3n) is 7.99. The van der Waals surface area contributed by atoms with Gasteiger partial charge in [0, 0.05) is 5.56 Å². The molecule has 1 aliphatic heterocycles. The number of carbonyl (C=O) groups excluding carboxylic acids is 1. The quantitative estimate of drug-likeness (QED) is 0.242. The average molecular weight is 485 g/mol. The first-order valence-electron chi connectivity index (χ1n) is 12.7. The summed E-state index contributed by atoms with van der Waals surface area (Å²) < 4.78 is 55.0. The van der Waals surface area contributed by atoms with Gasteiger partial charge < -0.3 is 9.47 Å². The van der Waals surface area contributed by atoms with Crippen molar-refractivity contribution in [2.45, 2.75) is 75.4 Å². The number of rotatable bonds is 6. The Morgan fingerprint density at radius 3 is 1.91 bits per heavy atom. The zero-order valence-electron chi connectivity index (χ0n) is 19.8. The third kappa shape index (κ3) is 5.18. The number of carbonyl (C=O) groups is 1. The van der Waals surface area contributed by atoms with E-state index < -0.39 is 23.4 Å². The Kier molecular flexibility index (Phi) is 7.01. The Hall–Kier alpha value is -2.60. The number of benzene rings is 2. The SMILES string of the molecule is C=CC1CCC(c2ccc(C3CCC(OC(=O)c4ccc(C5CO5)c(F)c4)CC3)c(F)c2F)CC1. The molecule has 2 aliphatic carbocycles. The van der Waals surface area contributed by atoms with Crippen molar-refractivity contribution in [3.63, 3.8) is 0 Å². The minimum atomic E-state index is -0.732. The summed E-state index contributed by atoms with van der Waals surface area (Å²) in [6, 6.07) is 7.82. The lowest BCUT2D eigenvalue weighted by molar-refractivity contribution is 0.0193. The van der Waals surface area contributed by atoms with E-state index in [1.54, 1.807) is 24.3 Å². The van der Waals surface area contributed by atoms with Gasteiger partial charge in [-0.15, -0.1) is 6.58 Å². The van der Waals surface area contributed by atoms with Crippen LogP contribution in [0.1, 0.15) is 96.4 Å². The van der Waals surface area contributed by atoms with Crippen molar-refractivity contribution < 1.29 is 27.4 Å². The molecule has 2 aromatic rings. The van der Waals surface area contributed by atoms with Crippen molar-refractivity contribution in [2.75, 3.05) is 6.61 Å². The van der Waals surface area contributed by atoms with Gasteiger partial charge in [-0.1, -0.05) is 24.3 Å². The molecule has 5 rings (SSSR count). The van der Waals surface area contributed by atoms with E-state index in [-0.39, 0.29) is 29.6 Å². The summed E-state index contributed by atoms with van der Waals surface area (Å²) in [7, 11) is 0. The lowest BCUT2D eigenvalue weighted by atomic mass is 9.77. The molecule has 0 N–H and O–H groups in total. The fourth-order valence-electron chi connectivity index (χ4n) is 5.73. The molecule has 2 aromatic carbocycles. The van der Waals surface area contributed by atoms with Crippen LogP contribution in [0, 0.1) is 23.4 Å². The topological polar surface area (TPSA) is 38.8 Å². The maximum atomic E-state index is 15.1. The number of esters is 1. The fourth-order valence-corrected chi connectivity index (χ4v) is 5.73. The molecular weight excluding hydrogens is 453 g/mol. The molecule has 1 atom stereocenters. The zero-order valence-corrected chi connectivity index (χ0v) is 19.8. The monoisotopic (exact) mass is 484 g/mol. The standard InChI is InChI=1S/C29H31F3O3/c1-2-17-3-5-18(6-4-17)22-13-14-23(28(32)27(22)31)19-7-10-21(11-8-19)35-29(33)20-9-12-24(25(30)15-20)26-16-34-26/h2,9,12-15,17-19,21,26H,1,3-8,10-11,16H2. The Balaban J connectivity index is 1.18. The van der Waals surface area contributed by atoms with Gasteiger partial charge in [0.05, 0.1) is 12.2 Å². The predicted molar refractivity (Wildman–Crippen MR) is 127 cm³/mol. The number of allylic oxidation sites excluding steroid dienone is 1. The molecule has 0 bridgehead atoms. The lowest BCUT2D eigenvalue weighted by Gasteiger charge is -2.30. The minimum absolute atomic E-state index is 0.0561. The molecule has 3 nitrogen and oxygen atoms in total. The van der Waals surface area contributed by atoms with Gasteiger partial charge in [-0.3, -0.25) is 0 Å². The fraction of sp³-hybridized carbons (Fsp3) is 0.483. The van der Waals surface area contributed by atoms with Crippen LogP contribution in [0.15, 0.2) is 43.0 Å². The van der Waals surface area contributed by atoms with Crippen molar-refractivity contribution >= 4 is 5.97 Å². The molecule has 0 aromatic heterocycles. The van der Waals surface area contributed by atoms with Crippen molar-refractivity contribution in [1.82, 2.24) is 0 Å². The Morgan fingerprint density at radius 1 is 0.857 bits per heavy atom. The molecule has 1 heterocycles. The minimum Gasteiger partial charge on any atom is -0.459 e. The van der Waals surface area contributed by atoms with Crippen molar-refractivity contribution in [3.05, 3.63) is 82.7 Å². The van der Waals surface area contributed by atoms with E-state index in [0.717, 1.165) is 25.7 Å². The van der Waals surface area contributed by atoms with Crippen LogP contribution < -0.4 is 0 Å². The first-order valence-corrected chi connectivity index (χ1v) is 12.7. The molecule has 2 saturated carbocycles. The van der Waals surface area contributed by atoms with E-state index in [9.17, 15) is 9.18 Å². The molecule has 0 amide bonds. The Labute approximate surface area is 204 Å². The molecule has 1 unspecified atom stereocenters. The van der Waals surface area contributed by atoms with Gasteiger partial charge in [0.1, 0.15) is 18.0 Å². The first kappa shape index (κ1) is 24.1. The van der Waals surface area contributed by atoms with Crippen molar-refractivity contribution in [1.29, 1.82) is 0 Å². The maximum Gasteiger partial charge on any atom is 0.338 e. The highest BCUT2D eigenvalue weighted by molar-refractivity contribution is 5.89. The average Bonchev–Trinajstić information content (AvgIpc) is 3.72. The molecule has 186 valence electrons. The number of halogens is 3. The maximum absolute atomic E-state index is 15.1. The third-order valence-corrected chi connectivity index (χ3v) is 7.99. The Bertz CT molecular complexity index is 1090. The van der Waals surface area contributed by atoms with Gasteiger partial charge >= 0.3 is 5.97 Å². The van der Waals surface area contributed by atoms with Gasteiger partial charge in [-0.25, -0.2) is 18.0 Å². The van der Waals surface area contributed by atoms with Crippen LogP contribution in [0.2, 0.25) is 0 Å². The van der Waals surface area contributed by atoms with Crippen LogP contribution in [0.3, 0.4) is 0 Å². The second-order valence-corrected chi connectivity index (χ2v) is 10.2. The summed E-state index contributed by atoms with van der Waals surface area (Å²) in [6.45, 7) is 4.34. The number of ether oxygens (including phenoxy) is 2. The highest BCUT2D eigenvalue weighted by Crippen LogP contribution is 2.41. The molecule has 3 fully saturated rings. The number of hydrogen-bond donors (Lipinski definition) is 0. The van der Waals surface area contributed by atoms with E-state index in [1.165, 1.54) is 6.07 Å². The summed E-state index contributed by atoms with van der Waals surface area (Å²) >= 11 is 0. The van der Waals surface area contributed by atoms with Gasteiger partial charge in [0.15, 0.2) is 11.6 Å². The highest BCUT2D eigenvalue weighted by atomic mass is 19.2. The summed E-state index contributed by atoms with van der Waals surface area (Å²) in [5.74, 6) is -2.06. The first-order chi connectivity index (χ1) is 16.9. The van der Waals surface area contributed by atoms with Crippen molar-refractivity contribution in [2.24, 2.45) is 5.92 Å². The summed E-state index contributed by atoms with van der Waals surface area (Å²) in [4.78, 5) is 12.5. The van der Waals surface area contributed by atoms with Gasteiger partial charge in [-0.2, -0.15) is 0 Å². The van der Waals surface area contributed by atoms with E-state index in [4.69, 9.17) is 9.47 Å². The van der Waals surface area contributed by atoms with E-state index >= 15 is 8.78 Å². The highest BCUT2D eigenvalue weighted by Gasteiger charge is 2.31. The molecular formula is C29H31F3O3. The molecule has 35 heavy (non-hydrogen) atoms. The molecule has 6 heteroatoms. The van der Waals surface area contributed by atoms with Gasteiger partial charge in [0.2, 0.25) is 0 Å². The van der Waals surface area contributed by atoms with Gasteiger partial charge in [-0.05, 0) is 92.4 Å². The van der Waals surface area contributed by atoms with Crippen LogP contribution in [0.25, 0.3) is 0 Å². The van der Waals surface area contributed by atoms with Crippen LogP contribution in [0.5, 0.6) is 0 Å². The van der Waals surface area contributed by atoms with Crippen LogP contribution in [0.4, 0.5) is 13.2 Å². The largest absolute Gasteiger partial charge is 0.459 e. The lowest BCUT2D eigenvalue weighted by Crippen LogP contribution is -2.24.